The van der Waals surface area contributed by atoms with Crippen LogP contribution < -0.4 is 5.73 Å². The maximum Gasteiger partial charge on any atom is 0.338 e. The number of nitro benzene ring substituents is 1. The highest BCUT2D eigenvalue weighted by atomic mass is 16.6. The second kappa shape index (κ2) is 7.31. The zero-order valence-corrected chi connectivity index (χ0v) is 13.4. The first-order valence-electron chi connectivity index (χ1n) is 7.22. The number of hydrogen-bond acceptors (Lipinski definition) is 7. The third-order valence-electron chi connectivity index (χ3n) is 3.60. The summed E-state index contributed by atoms with van der Waals surface area (Å²) in [4.78, 5) is 23.2. The first kappa shape index (κ1) is 17.7. The third-order valence-corrected chi connectivity index (χ3v) is 3.60. The Balaban J connectivity index is 2.68. The van der Waals surface area contributed by atoms with E-state index in [-0.39, 0.29) is 40.6 Å². The van der Waals surface area contributed by atoms with Gasteiger partial charge in [-0.05, 0) is 6.92 Å². The molecule has 0 saturated heterocycles. The van der Waals surface area contributed by atoms with Crippen molar-refractivity contribution in [3.63, 3.8) is 0 Å². The predicted molar refractivity (Wildman–Crippen MR) is 87.6 cm³/mol. The lowest BCUT2D eigenvalue weighted by atomic mass is 9.82. The van der Waals surface area contributed by atoms with E-state index >= 15 is 0 Å². The smallest absolute Gasteiger partial charge is 0.338 e. The second-order valence-electron chi connectivity index (χ2n) is 5.10. The van der Waals surface area contributed by atoms with Crippen LogP contribution in [0, 0.1) is 21.4 Å². The molecule has 0 saturated carbocycles. The second-order valence-corrected chi connectivity index (χ2v) is 5.10. The number of esters is 1. The molecule has 0 aliphatic carbocycles. The van der Waals surface area contributed by atoms with Gasteiger partial charge in [0.2, 0.25) is 5.88 Å². The van der Waals surface area contributed by atoms with E-state index in [0.29, 0.717) is 0 Å². The van der Waals surface area contributed by atoms with E-state index in [1.54, 1.807) is 6.07 Å². The Morgan fingerprint density at radius 3 is 2.84 bits per heavy atom. The van der Waals surface area contributed by atoms with Crippen molar-refractivity contribution in [1.29, 1.82) is 5.26 Å². The first-order valence-corrected chi connectivity index (χ1v) is 7.22. The number of nitriles is 1. The zero-order chi connectivity index (χ0) is 18.6. The zero-order valence-electron chi connectivity index (χ0n) is 13.4. The number of rotatable bonds is 5. The van der Waals surface area contributed by atoms with Crippen molar-refractivity contribution < 1.29 is 19.2 Å². The average Bonchev–Trinajstić information content (AvgIpc) is 2.59. The number of nitrogens with two attached hydrogens (primary N) is 1. The van der Waals surface area contributed by atoms with Crippen molar-refractivity contribution in [2.24, 2.45) is 5.73 Å². The number of nitrogens with zero attached hydrogens (tertiary/aromatic N) is 2. The fourth-order valence-corrected chi connectivity index (χ4v) is 2.57. The molecule has 0 fully saturated rings. The Morgan fingerprint density at radius 2 is 2.24 bits per heavy atom. The lowest BCUT2D eigenvalue weighted by Gasteiger charge is -2.26. The first-order chi connectivity index (χ1) is 11.9. The van der Waals surface area contributed by atoms with Gasteiger partial charge >= 0.3 is 5.97 Å². The minimum Gasteiger partial charge on any atom is -0.458 e. The van der Waals surface area contributed by atoms with E-state index in [1.165, 1.54) is 31.2 Å². The molecule has 1 aliphatic rings. The van der Waals surface area contributed by atoms with Gasteiger partial charge < -0.3 is 15.2 Å². The maximum atomic E-state index is 12.4. The number of carbonyl (C=O) groups is 1. The Bertz CT molecular complexity index is 848. The highest BCUT2D eigenvalue weighted by molar-refractivity contribution is 5.93. The van der Waals surface area contributed by atoms with Crippen LogP contribution in [0.2, 0.25) is 0 Å². The number of para-hydroxylation sites is 1. The van der Waals surface area contributed by atoms with Gasteiger partial charge in [0.25, 0.3) is 5.69 Å². The number of allylic oxidation sites excluding steroid dienone is 2. The Labute approximate surface area is 143 Å². The van der Waals surface area contributed by atoms with Crippen molar-refractivity contribution in [2.75, 3.05) is 6.61 Å². The van der Waals surface area contributed by atoms with Crippen LogP contribution in [0.3, 0.4) is 0 Å². The summed E-state index contributed by atoms with van der Waals surface area (Å²) in [5.74, 6) is -1.91. The summed E-state index contributed by atoms with van der Waals surface area (Å²) in [6.45, 7) is 4.88. The van der Waals surface area contributed by atoms with Gasteiger partial charge in [0.05, 0.1) is 16.4 Å². The fourth-order valence-electron chi connectivity index (χ4n) is 2.57. The van der Waals surface area contributed by atoms with E-state index in [4.69, 9.17) is 15.2 Å². The summed E-state index contributed by atoms with van der Waals surface area (Å²) in [5.41, 5.74) is 5.57. The highest BCUT2D eigenvalue weighted by Crippen LogP contribution is 2.42. The van der Waals surface area contributed by atoms with Gasteiger partial charge in [-0.3, -0.25) is 10.1 Å². The topological polar surface area (TPSA) is 128 Å². The van der Waals surface area contributed by atoms with Gasteiger partial charge in [0, 0.05) is 11.6 Å². The van der Waals surface area contributed by atoms with Crippen LogP contribution in [-0.2, 0) is 14.3 Å². The fraction of sp³-hybridized carbons (Fsp3) is 0.176. The Kier molecular flexibility index (Phi) is 5.19. The van der Waals surface area contributed by atoms with Gasteiger partial charge in [0.1, 0.15) is 24.0 Å². The van der Waals surface area contributed by atoms with E-state index in [2.05, 4.69) is 6.58 Å². The molecule has 1 aliphatic heterocycles. The summed E-state index contributed by atoms with van der Waals surface area (Å²) in [7, 11) is 0. The summed E-state index contributed by atoms with van der Waals surface area (Å²) in [6, 6.07) is 7.70. The number of hydrogen-bond donors (Lipinski definition) is 1. The van der Waals surface area contributed by atoms with Crippen LogP contribution in [0.4, 0.5) is 5.69 Å². The molecule has 128 valence electrons. The highest BCUT2D eigenvalue weighted by Gasteiger charge is 2.39. The summed E-state index contributed by atoms with van der Waals surface area (Å²) >= 11 is 0. The molecule has 0 aromatic heterocycles. The number of nitro groups is 1. The van der Waals surface area contributed by atoms with Crippen molar-refractivity contribution in [3.05, 3.63) is 75.4 Å². The minimum absolute atomic E-state index is 0.0121. The van der Waals surface area contributed by atoms with Crippen molar-refractivity contribution in [2.45, 2.75) is 12.8 Å². The van der Waals surface area contributed by atoms with Crippen molar-refractivity contribution in [3.8, 4) is 6.07 Å². The Morgan fingerprint density at radius 1 is 1.56 bits per heavy atom. The van der Waals surface area contributed by atoms with Crippen LogP contribution in [0.5, 0.6) is 0 Å². The average molecular weight is 341 g/mol. The van der Waals surface area contributed by atoms with Gasteiger partial charge in [0.15, 0.2) is 0 Å². The number of carbonyl (C=O) groups excluding carboxylic acids is 1. The van der Waals surface area contributed by atoms with Gasteiger partial charge in [-0.15, -0.1) is 0 Å². The molecule has 2 N–H and O–H groups in total. The van der Waals surface area contributed by atoms with Crippen molar-refractivity contribution in [1.82, 2.24) is 0 Å². The lowest BCUT2D eigenvalue weighted by Crippen LogP contribution is -2.26. The SMILES string of the molecule is C=CCOC(=O)C1=C(C)OC(N)=C(C#N)[C@@H]1c1ccccc1[N+](=O)[O-]. The molecule has 0 unspecified atom stereocenters. The molecule has 1 aromatic rings. The molecular weight excluding hydrogens is 326 g/mol. The number of ether oxygens (including phenoxy) is 2. The van der Waals surface area contributed by atoms with E-state index in [9.17, 15) is 20.2 Å². The van der Waals surface area contributed by atoms with Crippen LogP contribution in [0.1, 0.15) is 18.4 Å². The molecule has 0 spiro atoms. The van der Waals surface area contributed by atoms with Crippen LogP contribution in [0.25, 0.3) is 0 Å². The molecule has 0 bridgehead atoms. The molecule has 2 rings (SSSR count). The largest absolute Gasteiger partial charge is 0.458 e. The molecule has 8 nitrogen and oxygen atoms in total. The summed E-state index contributed by atoms with van der Waals surface area (Å²) in [6.07, 6.45) is 1.38. The maximum absolute atomic E-state index is 12.4. The summed E-state index contributed by atoms with van der Waals surface area (Å²) < 4.78 is 10.3. The standard InChI is InChI=1S/C17H15N3O5/c1-3-8-24-17(21)14-10(2)25-16(19)12(9-18)15(14)11-6-4-5-7-13(11)20(22)23/h3-7,15H,1,8,19H2,2H3/t15-/m0/s1. The predicted octanol–water partition coefficient (Wildman–Crippen LogP) is 2.41. The van der Waals surface area contributed by atoms with Crippen LogP contribution in [-0.4, -0.2) is 17.5 Å². The van der Waals surface area contributed by atoms with Crippen LogP contribution in [0.15, 0.2) is 59.7 Å². The van der Waals surface area contributed by atoms with Gasteiger partial charge in [-0.2, -0.15) is 5.26 Å². The van der Waals surface area contributed by atoms with Crippen LogP contribution >= 0.6 is 0 Å². The van der Waals surface area contributed by atoms with Gasteiger partial charge in [-0.1, -0.05) is 30.9 Å². The Hall–Kier alpha value is -3.60. The third kappa shape index (κ3) is 3.35. The molecule has 1 heterocycles. The molecule has 1 atom stereocenters. The monoisotopic (exact) mass is 341 g/mol. The molecule has 25 heavy (non-hydrogen) atoms. The van der Waals surface area contributed by atoms with Crippen molar-refractivity contribution >= 4 is 11.7 Å². The normalized spacial score (nSPS) is 16.7. The van der Waals surface area contributed by atoms with E-state index in [1.807, 2.05) is 6.07 Å². The lowest BCUT2D eigenvalue weighted by molar-refractivity contribution is -0.385. The molecule has 1 aromatic carbocycles. The molecular formula is C17H15N3O5. The number of benzene rings is 1. The molecule has 0 radical (unpaired) electrons. The van der Waals surface area contributed by atoms with Gasteiger partial charge in [-0.25, -0.2) is 4.79 Å². The summed E-state index contributed by atoms with van der Waals surface area (Å²) in [5, 5.41) is 20.8. The van der Waals surface area contributed by atoms with E-state index in [0.717, 1.165) is 0 Å². The molecule has 8 heteroatoms. The minimum atomic E-state index is -1.06. The molecule has 0 amide bonds. The van der Waals surface area contributed by atoms with E-state index < -0.39 is 16.8 Å². The quantitative estimate of drug-likeness (QED) is 0.377.